The van der Waals surface area contributed by atoms with Gasteiger partial charge in [0, 0.05) is 11.5 Å². The molecule has 35 heavy (non-hydrogen) atoms. The number of anilines is 1. The highest BCUT2D eigenvalue weighted by Crippen LogP contribution is 2.42. The minimum atomic E-state index is -0.695. The largest absolute Gasteiger partial charge is 0.493 e. The van der Waals surface area contributed by atoms with Crippen LogP contribution in [0.2, 0.25) is 0 Å². The monoisotopic (exact) mass is 487 g/mol. The van der Waals surface area contributed by atoms with Crippen LogP contribution >= 0.6 is 11.8 Å². The van der Waals surface area contributed by atoms with E-state index in [4.69, 9.17) is 9.84 Å². The van der Waals surface area contributed by atoms with E-state index in [2.05, 4.69) is 4.98 Å². The van der Waals surface area contributed by atoms with E-state index in [0.717, 1.165) is 16.3 Å². The lowest BCUT2D eigenvalue weighted by atomic mass is 9.96. The molecule has 0 saturated heterocycles. The number of nitrogens with zero attached hydrogens (tertiary/aromatic N) is 3. The van der Waals surface area contributed by atoms with Crippen LogP contribution in [0.3, 0.4) is 0 Å². The molecule has 1 amide bonds. The van der Waals surface area contributed by atoms with Gasteiger partial charge in [-0.25, -0.2) is 4.90 Å². The van der Waals surface area contributed by atoms with Gasteiger partial charge in [0.15, 0.2) is 0 Å². The number of nitrogens with one attached hydrogen (secondary N) is 1. The summed E-state index contributed by atoms with van der Waals surface area (Å²) in [7, 11) is 0. The van der Waals surface area contributed by atoms with Crippen LogP contribution in [0.25, 0.3) is 22.0 Å². The van der Waals surface area contributed by atoms with Crippen molar-refractivity contribution in [2.45, 2.75) is 38.0 Å². The Kier molecular flexibility index (Phi) is 6.30. The molecule has 0 bridgehead atoms. The molecule has 4 aromatic rings. The van der Waals surface area contributed by atoms with E-state index in [9.17, 15) is 9.59 Å². The van der Waals surface area contributed by atoms with Crippen LogP contribution in [-0.4, -0.2) is 28.9 Å². The van der Waals surface area contributed by atoms with E-state index in [1.165, 1.54) is 11.8 Å². The van der Waals surface area contributed by atoms with Gasteiger partial charge >= 0.3 is 11.3 Å². The second kappa shape index (κ2) is 9.54. The number of carbonyl (C=O) groups is 1. The van der Waals surface area contributed by atoms with Crippen molar-refractivity contribution in [3.05, 3.63) is 76.6 Å². The third-order valence-electron chi connectivity index (χ3n) is 6.17. The number of thioether (sulfide) groups is 1. The molecule has 1 aromatic heterocycles. The molecule has 1 N–H and O–H groups in total. The molecular weight excluding hydrogens is 460 g/mol. The number of ether oxygens (including phenoxy) is 1. The molecule has 5 rings (SSSR count). The van der Waals surface area contributed by atoms with E-state index in [-0.39, 0.29) is 11.5 Å². The zero-order valence-corrected chi connectivity index (χ0v) is 20.8. The van der Waals surface area contributed by atoms with Crippen molar-refractivity contribution in [3.63, 3.8) is 0 Å². The average molecular weight is 488 g/mol. The third-order valence-corrected chi connectivity index (χ3v) is 6.74. The molecule has 1 unspecified atom stereocenters. The van der Waals surface area contributed by atoms with Gasteiger partial charge in [0.2, 0.25) is 11.1 Å². The standard InChI is InChI=1S/C27H26N4O3S/c1-4-10-22(32)30-20-14-9-8-13-19(20)24-25(33)28-27(35-3)29-31(24)26(30)23-18-12-7-6-11-17(18)15-16-21(23)34-5-2/h6-9,11-16,26H,4-5,10H2,1-3H3/p+1. The molecule has 0 saturated carbocycles. The molecule has 3 aromatic carbocycles. The van der Waals surface area contributed by atoms with Gasteiger partial charge in [-0.05, 0) is 53.3 Å². The Bertz CT molecular complexity index is 1480. The van der Waals surface area contributed by atoms with E-state index < -0.39 is 6.17 Å². The predicted molar refractivity (Wildman–Crippen MR) is 138 cm³/mol. The highest BCUT2D eigenvalue weighted by Gasteiger charge is 2.47. The number of amides is 1. The van der Waals surface area contributed by atoms with Crippen LogP contribution in [0.5, 0.6) is 5.75 Å². The number of carbonyl (C=O) groups excluding carboxylic acids is 1. The van der Waals surface area contributed by atoms with Gasteiger partial charge < -0.3 is 4.74 Å². The van der Waals surface area contributed by atoms with Crippen LogP contribution in [-0.2, 0) is 4.79 Å². The molecule has 0 radical (unpaired) electrons. The van der Waals surface area contributed by atoms with E-state index in [0.29, 0.717) is 47.3 Å². The lowest BCUT2D eigenvalue weighted by Crippen LogP contribution is -2.61. The minimum absolute atomic E-state index is 0.0359. The van der Waals surface area contributed by atoms with Crippen molar-refractivity contribution in [2.75, 3.05) is 17.8 Å². The summed E-state index contributed by atoms with van der Waals surface area (Å²) in [6.07, 6.45) is 2.24. The average Bonchev–Trinajstić information content (AvgIpc) is 2.88. The molecular formula is C27H27N4O3S+. The van der Waals surface area contributed by atoms with E-state index in [1.807, 2.05) is 80.8 Å². The van der Waals surface area contributed by atoms with E-state index >= 15 is 0 Å². The Balaban J connectivity index is 1.93. The Morgan fingerprint density at radius 1 is 1.11 bits per heavy atom. The number of hydrogen-bond donors (Lipinski definition) is 1. The van der Waals surface area contributed by atoms with E-state index in [1.54, 1.807) is 9.58 Å². The maximum absolute atomic E-state index is 13.8. The number of aromatic nitrogens is 3. The summed E-state index contributed by atoms with van der Waals surface area (Å²) in [5.74, 6) is 0.627. The first-order chi connectivity index (χ1) is 17.1. The van der Waals surface area contributed by atoms with Crippen molar-refractivity contribution in [2.24, 2.45) is 0 Å². The van der Waals surface area contributed by atoms with Gasteiger partial charge in [0.05, 0.1) is 23.4 Å². The smallest absolute Gasteiger partial charge is 0.325 e. The second-order valence-electron chi connectivity index (χ2n) is 8.29. The topological polar surface area (TPSA) is 79.2 Å². The fraction of sp³-hybridized carbons (Fsp3) is 0.259. The highest BCUT2D eigenvalue weighted by molar-refractivity contribution is 7.98. The van der Waals surface area contributed by atoms with Crippen molar-refractivity contribution in [1.82, 2.24) is 10.1 Å². The Morgan fingerprint density at radius 2 is 1.89 bits per heavy atom. The highest BCUT2D eigenvalue weighted by atomic mass is 32.2. The lowest BCUT2D eigenvalue weighted by molar-refractivity contribution is -0.763. The summed E-state index contributed by atoms with van der Waals surface area (Å²) in [4.78, 5) is 31.8. The van der Waals surface area contributed by atoms with Crippen molar-refractivity contribution in [1.29, 1.82) is 0 Å². The van der Waals surface area contributed by atoms with Gasteiger partial charge in [-0.2, -0.15) is 0 Å². The molecule has 8 heteroatoms. The maximum Gasteiger partial charge on any atom is 0.325 e. The van der Waals surface area contributed by atoms with Crippen LogP contribution in [0.4, 0.5) is 5.69 Å². The SMILES string of the molecule is CCCC(=O)N1c2ccccc2-c2c(=O)[nH]c(SC)n[n+]2C1c1c(OCC)ccc2ccccc12. The molecule has 178 valence electrons. The number of para-hydroxylation sites is 1. The fourth-order valence-corrected chi connectivity index (χ4v) is 5.12. The van der Waals surface area contributed by atoms with Gasteiger partial charge in [-0.15, -0.1) is 0 Å². The molecule has 0 aliphatic carbocycles. The van der Waals surface area contributed by atoms with Gasteiger partial charge in [0.1, 0.15) is 5.75 Å². The van der Waals surface area contributed by atoms with Crippen molar-refractivity contribution in [3.8, 4) is 17.0 Å². The molecule has 2 heterocycles. The van der Waals surface area contributed by atoms with Crippen LogP contribution in [0.15, 0.2) is 70.6 Å². The number of aromatic amines is 1. The first-order valence-corrected chi connectivity index (χ1v) is 13.0. The van der Waals surface area contributed by atoms with Crippen LogP contribution in [0.1, 0.15) is 38.4 Å². The number of fused-ring (bicyclic) bond motifs is 4. The summed E-state index contributed by atoms with van der Waals surface area (Å²) in [5.41, 5.74) is 2.34. The summed E-state index contributed by atoms with van der Waals surface area (Å²) in [6, 6.07) is 19.5. The zero-order valence-electron chi connectivity index (χ0n) is 19.9. The number of hydrogen-bond acceptors (Lipinski definition) is 5. The second-order valence-corrected chi connectivity index (χ2v) is 9.09. The Labute approximate surface area is 207 Å². The summed E-state index contributed by atoms with van der Waals surface area (Å²) < 4.78 is 7.81. The number of benzene rings is 3. The first kappa shape index (κ1) is 23.1. The van der Waals surface area contributed by atoms with Crippen LogP contribution < -0.4 is 19.9 Å². The quantitative estimate of drug-likeness (QED) is 0.315. The molecule has 1 atom stereocenters. The molecule has 1 aliphatic heterocycles. The lowest BCUT2D eigenvalue weighted by Gasteiger charge is -2.33. The third kappa shape index (κ3) is 3.87. The van der Waals surface area contributed by atoms with Gasteiger partial charge in [0.25, 0.3) is 6.17 Å². The van der Waals surface area contributed by atoms with Crippen molar-refractivity contribution < 1.29 is 14.2 Å². The number of rotatable bonds is 6. The molecule has 1 aliphatic rings. The summed E-state index contributed by atoms with van der Waals surface area (Å²) in [6.45, 7) is 4.39. The summed E-state index contributed by atoms with van der Waals surface area (Å²) >= 11 is 1.35. The normalized spacial score (nSPS) is 14.5. The molecule has 7 nitrogen and oxygen atoms in total. The predicted octanol–water partition coefficient (Wildman–Crippen LogP) is 4.69. The molecule has 0 fully saturated rings. The Morgan fingerprint density at radius 3 is 2.66 bits per heavy atom. The Hall–Kier alpha value is -3.65. The van der Waals surface area contributed by atoms with Gasteiger partial charge in [-0.1, -0.05) is 61.2 Å². The first-order valence-electron chi connectivity index (χ1n) is 11.7. The fourth-order valence-electron chi connectivity index (χ4n) is 4.75. The minimum Gasteiger partial charge on any atom is -0.493 e. The summed E-state index contributed by atoms with van der Waals surface area (Å²) in [5, 5.41) is 7.27. The molecule has 0 spiro atoms. The van der Waals surface area contributed by atoms with Gasteiger partial charge in [-0.3, -0.25) is 14.6 Å². The van der Waals surface area contributed by atoms with Crippen LogP contribution in [0, 0.1) is 0 Å². The zero-order chi connectivity index (χ0) is 24.5. The number of H-pyrrole nitrogens is 1. The maximum atomic E-state index is 13.8. The van der Waals surface area contributed by atoms with Crippen molar-refractivity contribution >= 4 is 34.1 Å².